The number of benzene rings is 1. The maximum atomic E-state index is 11.9. The molecule has 0 aliphatic carbocycles. The molecule has 1 amide bonds. The molecule has 19 heavy (non-hydrogen) atoms. The summed E-state index contributed by atoms with van der Waals surface area (Å²) in [7, 11) is 0. The van der Waals surface area contributed by atoms with Crippen molar-refractivity contribution < 1.29 is 4.79 Å². The Balaban J connectivity index is 2.21. The average molecular weight is 272 g/mol. The van der Waals surface area contributed by atoms with Crippen molar-refractivity contribution in [2.24, 2.45) is 5.73 Å². The van der Waals surface area contributed by atoms with Crippen LogP contribution < -0.4 is 11.1 Å². The standard InChI is InChI=1S/C15H16N2OS/c1-2-6-12(16)15(18)17-13-8-4-3-7-11(13)14-9-5-10-19-14/h2-5,7-10,12H,1,6,16H2,(H,17,18). The number of nitrogens with one attached hydrogen (secondary N) is 1. The van der Waals surface area contributed by atoms with Crippen molar-refractivity contribution in [1.82, 2.24) is 0 Å². The highest BCUT2D eigenvalue weighted by Gasteiger charge is 2.14. The van der Waals surface area contributed by atoms with Crippen LogP contribution in [0.15, 0.2) is 54.4 Å². The number of nitrogens with two attached hydrogens (primary N) is 1. The van der Waals surface area contributed by atoms with Gasteiger partial charge in [-0.05, 0) is 23.9 Å². The van der Waals surface area contributed by atoms with Crippen molar-refractivity contribution in [2.45, 2.75) is 12.5 Å². The van der Waals surface area contributed by atoms with Gasteiger partial charge in [-0.3, -0.25) is 4.79 Å². The van der Waals surface area contributed by atoms with Crippen molar-refractivity contribution in [3.05, 3.63) is 54.4 Å². The summed E-state index contributed by atoms with van der Waals surface area (Å²) in [4.78, 5) is 13.1. The van der Waals surface area contributed by atoms with Crippen LogP contribution in [0.5, 0.6) is 0 Å². The number of carbonyl (C=O) groups is 1. The molecule has 0 spiro atoms. The number of thiophene rings is 1. The molecule has 0 saturated carbocycles. The van der Waals surface area contributed by atoms with E-state index in [0.29, 0.717) is 6.42 Å². The molecule has 2 rings (SSSR count). The lowest BCUT2D eigenvalue weighted by Crippen LogP contribution is -2.35. The van der Waals surface area contributed by atoms with E-state index in [2.05, 4.69) is 11.9 Å². The van der Waals surface area contributed by atoms with E-state index in [1.165, 1.54) is 0 Å². The van der Waals surface area contributed by atoms with Crippen LogP contribution in [0.1, 0.15) is 6.42 Å². The predicted molar refractivity (Wildman–Crippen MR) is 81.2 cm³/mol. The molecule has 1 atom stereocenters. The normalized spacial score (nSPS) is 11.8. The van der Waals surface area contributed by atoms with Crippen LogP contribution in [-0.4, -0.2) is 11.9 Å². The summed E-state index contributed by atoms with van der Waals surface area (Å²) in [6, 6.07) is 11.2. The van der Waals surface area contributed by atoms with E-state index >= 15 is 0 Å². The largest absolute Gasteiger partial charge is 0.324 e. The first-order valence-electron chi connectivity index (χ1n) is 6.02. The van der Waals surface area contributed by atoms with Crippen LogP contribution >= 0.6 is 11.3 Å². The highest BCUT2D eigenvalue weighted by Crippen LogP contribution is 2.31. The molecule has 3 nitrogen and oxygen atoms in total. The topological polar surface area (TPSA) is 55.1 Å². The lowest BCUT2D eigenvalue weighted by molar-refractivity contribution is -0.117. The van der Waals surface area contributed by atoms with Gasteiger partial charge in [0.2, 0.25) is 5.91 Å². The molecule has 0 saturated heterocycles. The van der Waals surface area contributed by atoms with Crippen LogP contribution in [-0.2, 0) is 4.79 Å². The zero-order valence-corrected chi connectivity index (χ0v) is 11.3. The molecule has 98 valence electrons. The zero-order valence-electron chi connectivity index (χ0n) is 10.5. The smallest absolute Gasteiger partial charge is 0.241 e. The SMILES string of the molecule is C=CCC(N)C(=O)Nc1ccccc1-c1cccs1. The zero-order chi connectivity index (χ0) is 13.7. The third kappa shape index (κ3) is 3.30. The van der Waals surface area contributed by atoms with Gasteiger partial charge >= 0.3 is 0 Å². The van der Waals surface area contributed by atoms with Gasteiger partial charge in [0.1, 0.15) is 0 Å². The second-order valence-electron chi connectivity index (χ2n) is 4.14. The van der Waals surface area contributed by atoms with Gasteiger partial charge in [0.05, 0.1) is 6.04 Å². The number of hydrogen-bond acceptors (Lipinski definition) is 3. The number of hydrogen-bond donors (Lipinski definition) is 2. The maximum Gasteiger partial charge on any atom is 0.241 e. The van der Waals surface area contributed by atoms with Gasteiger partial charge < -0.3 is 11.1 Å². The predicted octanol–water partition coefficient (Wildman–Crippen LogP) is 3.26. The van der Waals surface area contributed by atoms with Crippen molar-refractivity contribution >= 4 is 22.9 Å². The molecular weight excluding hydrogens is 256 g/mol. The van der Waals surface area contributed by atoms with Crippen molar-refractivity contribution in [3.63, 3.8) is 0 Å². The van der Waals surface area contributed by atoms with Crippen molar-refractivity contribution in [1.29, 1.82) is 0 Å². The molecule has 1 aromatic carbocycles. The van der Waals surface area contributed by atoms with Crippen LogP contribution in [0.4, 0.5) is 5.69 Å². The second-order valence-corrected chi connectivity index (χ2v) is 5.09. The van der Waals surface area contributed by atoms with Crippen molar-refractivity contribution in [2.75, 3.05) is 5.32 Å². The fourth-order valence-electron chi connectivity index (χ4n) is 1.75. The molecule has 1 unspecified atom stereocenters. The quantitative estimate of drug-likeness (QED) is 0.821. The van der Waals surface area contributed by atoms with Gasteiger partial charge in [-0.1, -0.05) is 30.3 Å². The van der Waals surface area contributed by atoms with Gasteiger partial charge in [-0.2, -0.15) is 0 Å². The number of rotatable bonds is 5. The Bertz CT molecular complexity index is 563. The second kappa shape index (κ2) is 6.31. The molecule has 0 radical (unpaired) electrons. The number of carbonyl (C=O) groups excluding carboxylic acids is 1. The Morgan fingerprint density at radius 1 is 1.37 bits per heavy atom. The summed E-state index contributed by atoms with van der Waals surface area (Å²) in [6.07, 6.45) is 2.11. The molecule has 1 aromatic heterocycles. The summed E-state index contributed by atoms with van der Waals surface area (Å²) in [6.45, 7) is 3.59. The van der Waals surface area contributed by atoms with E-state index in [1.54, 1.807) is 17.4 Å². The Hall–Kier alpha value is -1.91. The summed E-state index contributed by atoms with van der Waals surface area (Å²) in [5.74, 6) is -0.191. The summed E-state index contributed by atoms with van der Waals surface area (Å²) >= 11 is 1.64. The molecule has 0 bridgehead atoms. The van der Waals surface area contributed by atoms with Crippen LogP contribution in [0, 0.1) is 0 Å². The fraction of sp³-hybridized carbons (Fsp3) is 0.133. The van der Waals surface area contributed by atoms with Gasteiger partial charge in [-0.15, -0.1) is 17.9 Å². The van der Waals surface area contributed by atoms with Crippen LogP contribution in [0.2, 0.25) is 0 Å². The Morgan fingerprint density at radius 2 is 2.16 bits per heavy atom. The molecule has 0 aliphatic rings. The molecule has 0 fully saturated rings. The first-order valence-corrected chi connectivity index (χ1v) is 6.90. The first-order chi connectivity index (χ1) is 9.22. The minimum atomic E-state index is -0.561. The minimum absolute atomic E-state index is 0.191. The van der Waals surface area contributed by atoms with Crippen molar-refractivity contribution in [3.8, 4) is 10.4 Å². The first kappa shape index (κ1) is 13.5. The van der Waals surface area contributed by atoms with E-state index in [9.17, 15) is 4.79 Å². The molecule has 4 heteroatoms. The monoisotopic (exact) mass is 272 g/mol. The van der Waals surface area contributed by atoms with E-state index in [4.69, 9.17) is 5.73 Å². The van der Waals surface area contributed by atoms with Gasteiger partial charge in [0.15, 0.2) is 0 Å². The third-order valence-electron chi connectivity index (χ3n) is 2.73. The highest BCUT2D eigenvalue weighted by atomic mass is 32.1. The molecule has 3 N–H and O–H groups in total. The highest BCUT2D eigenvalue weighted by molar-refractivity contribution is 7.13. The average Bonchev–Trinajstić information content (AvgIpc) is 2.93. The Morgan fingerprint density at radius 3 is 2.84 bits per heavy atom. The van der Waals surface area contributed by atoms with Gasteiger partial charge in [-0.25, -0.2) is 0 Å². The summed E-state index contributed by atoms with van der Waals surface area (Å²) < 4.78 is 0. The Kier molecular flexibility index (Phi) is 4.49. The van der Waals surface area contributed by atoms with Crippen LogP contribution in [0.25, 0.3) is 10.4 Å². The summed E-state index contributed by atoms with van der Waals surface area (Å²) in [5, 5.41) is 4.89. The van der Waals surface area contributed by atoms with E-state index in [0.717, 1.165) is 16.1 Å². The molecule has 0 aliphatic heterocycles. The van der Waals surface area contributed by atoms with Gasteiger partial charge in [0, 0.05) is 16.1 Å². The minimum Gasteiger partial charge on any atom is -0.324 e. The maximum absolute atomic E-state index is 11.9. The van der Waals surface area contributed by atoms with E-state index < -0.39 is 6.04 Å². The lowest BCUT2D eigenvalue weighted by atomic mass is 10.1. The molecule has 1 heterocycles. The van der Waals surface area contributed by atoms with Crippen LogP contribution in [0.3, 0.4) is 0 Å². The molecular formula is C15H16N2OS. The number of anilines is 1. The Labute approximate surface area is 116 Å². The summed E-state index contributed by atoms with van der Waals surface area (Å²) in [5.41, 5.74) is 7.56. The number of para-hydroxylation sites is 1. The van der Waals surface area contributed by atoms with Gasteiger partial charge in [0.25, 0.3) is 0 Å². The van der Waals surface area contributed by atoms with E-state index in [-0.39, 0.29) is 5.91 Å². The van der Waals surface area contributed by atoms with E-state index in [1.807, 2.05) is 41.8 Å². The fourth-order valence-corrected chi connectivity index (χ4v) is 2.52. The number of amides is 1. The molecule has 2 aromatic rings. The lowest BCUT2D eigenvalue weighted by Gasteiger charge is -2.13. The third-order valence-corrected chi connectivity index (χ3v) is 3.63.